The first-order valence-electron chi connectivity index (χ1n) is 28.6. The zero-order chi connectivity index (χ0) is 55.3. The zero-order valence-corrected chi connectivity index (χ0v) is 46.3. The second-order valence-corrected chi connectivity index (χ2v) is 22.9. The number of thiophene rings is 1. The van der Waals surface area contributed by atoms with Gasteiger partial charge in [-0.2, -0.15) is 0 Å². The maximum Gasteiger partial charge on any atom is 0.137 e. The molecule has 0 atom stereocenters. The van der Waals surface area contributed by atoms with Crippen molar-refractivity contribution in [2.75, 3.05) is 9.80 Å². The van der Waals surface area contributed by atoms with Gasteiger partial charge in [-0.05, 0) is 141 Å². The lowest BCUT2D eigenvalue weighted by Gasteiger charge is -2.40. The molecule has 0 amide bonds. The van der Waals surface area contributed by atoms with Crippen LogP contribution in [0.15, 0.2) is 308 Å². The van der Waals surface area contributed by atoms with Crippen molar-refractivity contribution in [2.45, 2.75) is 5.41 Å². The highest BCUT2D eigenvalue weighted by Gasteiger charge is 2.51. The van der Waals surface area contributed by atoms with Crippen molar-refractivity contribution in [2.24, 2.45) is 0 Å². The second-order valence-electron chi connectivity index (χ2n) is 21.8. The van der Waals surface area contributed by atoms with Crippen LogP contribution in [-0.2, 0) is 5.41 Å². The highest BCUT2D eigenvalue weighted by Crippen LogP contribution is 2.63. The highest BCUT2D eigenvalue weighted by molar-refractivity contribution is 7.25. The molecule has 17 rings (SSSR count). The molecule has 0 fully saturated rings. The molecule has 394 valence electrons. The van der Waals surface area contributed by atoms with Crippen LogP contribution in [0.2, 0.25) is 0 Å². The first kappa shape index (κ1) is 48.0. The van der Waals surface area contributed by atoms with E-state index >= 15 is 0 Å². The molecule has 4 nitrogen and oxygen atoms in total. The summed E-state index contributed by atoms with van der Waals surface area (Å²) in [5.41, 5.74) is 21.2. The summed E-state index contributed by atoms with van der Waals surface area (Å²) in [4.78, 5) is 4.76. The average molecular weight is 1090 g/mol. The number of hydrogen-bond donors (Lipinski definition) is 0. The molecule has 5 heteroatoms. The molecule has 2 aliphatic rings. The number of furan rings is 1. The number of benzene rings is 13. The predicted octanol–water partition coefficient (Wildman–Crippen LogP) is 22.4. The lowest BCUT2D eigenvalue weighted by atomic mass is 9.66. The van der Waals surface area contributed by atoms with E-state index in [1.807, 2.05) is 11.3 Å². The Hall–Kier alpha value is -10.7. The van der Waals surface area contributed by atoms with Crippen molar-refractivity contribution in [1.82, 2.24) is 0 Å². The van der Waals surface area contributed by atoms with Gasteiger partial charge in [0.2, 0.25) is 0 Å². The van der Waals surface area contributed by atoms with E-state index in [1.165, 1.54) is 48.0 Å². The van der Waals surface area contributed by atoms with E-state index in [2.05, 4.69) is 313 Å². The maximum absolute atomic E-state index is 7.20. The molecule has 15 aromatic rings. The monoisotopic (exact) mass is 1090 g/mol. The van der Waals surface area contributed by atoms with Crippen molar-refractivity contribution in [3.05, 3.63) is 326 Å². The summed E-state index contributed by atoms with van der Waals surface area (Å²) in [7, 11) is 0. The summed E-state index contributed by atoms with van der Waals surface area (Å²) in [5.74, 6) is 1.68. The van der Waals surface area contributed by atoms with Crippen molar-refractivity contribution < 1.29 is 9.15 Å². The summed E-state index contributed by atoms with van der Waals surface area (Å²) < 4.78 is 16.7. The molecule has 1 spiro atoms. The topological polar surface area (TPSA) is 28.9 Å². The third kappa shape index (κ3) is 7.32. The summed E-state index contributed by atoms with van der Waals surface area (Å²) in [5, 5.41) is 4.68. The maximum atomic E-state index is 7.20. The van der Waals surface area contributed by atoms with Gasteiger partial charge in [0.25, 0.3) is 0 Å². The zero-order valence-electron chi connectivity index (χ0n) is 45.5. The third-order valence-corrected chi connectivity index (χ3v) is 18.5. The largest absolute Gasteiger partial charge is 0.457 e. The minimum absolute atomic E-state index is 0.592. The van der Waals surface area contributed by atoms with E-state index in [4.69, 9.17) is 9.15 Å². The van der Waals surface area contributed by atoms with Crippen LogP contribution in [-0.4, -0.2) is 0 Å². The Morgan fingerprint density at radius 3 is 1.52 bits per heavy atom. The van der Waals surface area contributed by atoms with Crippen LogP contribution in [0.1, 0.15) is 22.3 Å². The van der Waals surface area contributed by atoms with Gasteiger partial charge in [-0.25, -0.2) is 0 Å². The molecule has 13 aromatic carbocycles. The summed E-state index contributed by atoms with van der Waals surface area (Å²) in [6.07, 6.45) is 0. The molecule has 0 bridgehead atoms. The molecule has 0 N–H and O–H groups in total. The van der Waals surface area contributed by atoms with Gasteiger partial charge >= 0.3 is 0 Å². The Bertz CT molecular complexity index is 4990. The highest BCUT2D eigenvalue weighted by atomic mass is 32.1. The third-order valence-electron chi connectivity index (χ3n) is 17.3. The molecule has 0 saturated heterocycles. The van der Waals surface area contributed by atoms with Gasteiger partial charge in [-0.15, -0.1) is 11.3 Å². The Morgan fingerprint density at radius 1 is 0.286 bits per heavy atom. The van der Waals surface area contributed by atoms with Crippen LogP contribution < -0.4 is 14.5 Å². The summed E-state index contributed by atoms with van der Waals surface area (Å²) >= 11 is 1.85. The average Bonchev–Trinajstić information content (AvgIpc) is 1.78. The van der Waals surface area contributed by atoms with Gasteiger partial charge < -0.3 is 19.0 Å². The van der Waals surface area contributed by atoms with Crippen molar-refractivity contribution >= 4 is 87.6 Å². The van der Waals surface area contributed by atoms with Gasteiger partial charge in [0.05, 0.1) is 22.2 Å². The van der Waals surface area contributed by atoms with Crippen LogP contribution in [0.5, 0.6) is 11.5 Å². The van der Waals surface area contributed by atoms with Gasteiger partial charge in [-0.1, -0.05) is 206 Å². The molecule has 1 aliphatic carbocycles. The van der Waals surface area contributed by atoms with Gasteiger partial charge in [0.15, 0.2) is 0 Å². The molecular weight excluding hydrogens is 1040 g/mol. The molecule has 2 aromatic heterocycles. The molecule has 3 heterocycles. The summed E-state index contributed by atoms with van der Waals surface area (Å²) in [6.45, 7) is 0. The predicted molar refractivity (Wildman–Crippen MR) is 350 cm³/mol. The van der Waals surface area contributed by atoms with Crippen LogP contribution >= 0.6 is 11.3 Å². The number of anilines is 6. The van der Waals surface area contributed by atoms with E-state index < -0.39 is 5.41 Å². The fourth-order valence-corrected chi connectivity index (χ4v) is 14.9. The van der Waals surface area contributed by atoms with E-state index in [-0.39, 0.29) is 0 Å². The second kappa shape index (κ2) is 19.2. The number of hydrogen-bond acceptors (Lipinski definition) is 5. The minimum Gasteiger partial charge on any atom is -0.457 e. The SMILES string of the molecule is c1ccc(N(c2ccccc2)c2cccc3oc4cccc(-c5ccccc5-c5ccccc5N(c5ccc(-c6ccc7sc8ccccc8c7c6)cc5)c5ccc6c(c5)Oc5ccccc5C65c6ccccc6-c6ccccc65)c4c23)cc1. The Kier molecular flexibility index (Phi) is 11.0. The quantitative estimate of drug-likeness (QED) is 0.144. The van der Waals surface area contributed by atoms with Crippen molar-refractivity contribution in [3.63, 3.8) is 0 Å². The molecule has 0 saturated carbocycles. The number of rotatable bonds is 9. The lowest BCUT2D eigenvalue weighted by Crippen LogP contribution is -2.32. The van der Waals surface area contributed by atoms with Crippen LogP contribution in [0.4, 0.5) is 34.1 Å². The van der Waals surface area contributed by atoms with Gasteiger partial charge in [-0.3, -0.25) is 0 Å². The van der Waals surface area contributed by atoms with Gasteiger partial charge in [0.1, 0.15) is 22.7 Å². The lowest BCUT2D eigenvalue weighted by molar-refractivity contribution is 0.436. The number of ether oxygens (including phenoxy) is 1. The van der Waals surface area contributed by atoms with Gasteiger partial charge in [0, 0.05) is 71.1 Å². The Balaban J connectivity index is 0.865. The smallest absolute Gasteiger partial charge is 0.137 e. The number of fused-ring (bicyclic) bond motifs is 15. The van der Waals surface area contributed by atoms with Crippen molar-refractivity contribution in [1.29, 1.82) is 0 Å². The van der Waals surface area contributed by atoms with Crippen molar-refractivity contribution in [3.8, 4) is 56.0 Å². The van der Waals surface area contributed by atoms with E-state index in [1.54, 1.807) is 0 Å². The molecular formula is C79H50N2O2S. The standard InChI is InChI=1S/C79H50N2O2S/c1-3-21-53(22-4-1)80(54-23-5-2-6-24-54)70-36-20-39-73-78(70)77-63(31-19-38-72(77)83-73)58-26-8-7-25-57(58)61-29-11-16-35-69(61)81(55-44-41-51(42-45-55)52-43-48-76-64(49-52)62-30-12-18-40-75(62)84-76)56-46-47-68-74(50-56)82-71-37-17-15-34-67(71)79(68)65-32-13-9-27-59(65)60-28-10-14-33-66(60)79/h1-50H. The first-order valence-corrected chi connectivity index (χ1v) is 29.5. The minimum atomic E-state index is -0.592. The van der Waals surface area contributed by atoms with Crippen LogP contribution in [0.3, 0.4) is 0 Å². The van der Waals surface area contributed by atoms with Crippen LogP contribution in [0.25, 0.3) is 86.6 Å². The fourth-order valence-electron chi connectivity index (χ4n) is 13.8. The number of para-hydroxylation sites is 4. The van der Waals surface area contributed by atoms with E-state index in [0.29, 0.717) is 0 Å². The molecule has 0 unspecified atom stereocenters. The Labute approximate surface area is 490 Å². The normalized spacial score (nSPS) is 12.7. The molecule has 84 heavy (non-hydrogen) atoms. The Morgan fingerprint density at radius 2 is 0.786 bits per heavy atom. The molecule has 0 radical (unpaired) electrons. The van der Waals surface area contributed by atoms with E-state index in [9.17, 15) is 0 Å². The van der Waals surface area contributed by atoms with Crippen LogP contribution in [0, 0.1) is 0 Å². The fraction of sp³-hybridized carbons (Fsp3) is 0.0127. The molecule has 1 aliphatic heterocycles. The first-order chi connectivity index (χ1) is 41.7. The van der Waals surface area contributed by atoms with E-state index in [0.717, 1.165) is 107 Å². The number of nitrogens with zero attached hydrogens (tertiary/aromatic N) is 2. The summed E-state index contributed by atoms with van der Waals surface area (Å²) in [6, 6.07) is 110.